The summed E-state index contributed by atoms with van der Waals surface area (Å²) in [7, 11) is -0.290. The minimum atomic E-state index is -1.54. The van der Waals surface area contributed by atoms with Crippen molar-refractivity contribution in [3.05, 3.63) is 65.6 Å². The lowest BCUT2D eigenvalue weighted by atomic mass is 10.1. The molecule has 0 radical (unpaired) electrons. The van der Waals surface area contributed by atoms with Gasteiger partial charge in [-0.1, -0.05) is 29.8 Å². The molecular weight excluding hydrogens is 390 g/mol. The summed E-state index contributed by atoms with van der Waals surface area (Å²) in [5.74, 6) is -0.471. The van der Waals surface area contributed by atoms with Gasteiger partial charge in [0.25, 0.3) is 0 Å². The van der Waals surface area contributed by atoms with Gasteiger partial charge in [0.05, 0.1) is 29.9 Å². The fraction of sp³-hybridized carbons (Fsp3) is 0.0556. The maximum atomic E-state index is 12.9. The zero-order chi connectivity index (χ0) is 19.0. The highest BCUT2D eigenvalue weighted by Crippen LogP contribution is 2.32. The zero-order valence-corrected chi connectivity index (χ0v) is 15.5. The van der Waals surface area contributed by atoms with Gasteiger partial charge in [0.1, 0.15) is 0 Å². The zero-order valence-electron chi connectivity index (χ0n) is 14.0. The summed E-state index contributed by atoms with van der Waals surface area (Å²) in [6.45, 7) is 0. The van der Waals surface area contributed by atoms with Crippen molar-refractivity contribution in [1.29, 1.82) is 0 Å². The number of aromatic nitrogens is 3. The highest BCUT2D eigenvalue weighted by molar-refractivity contribution is 7.83. The van der Waals surface area contributed by atoms with Crippen LogP contribution in [0.1, 0.15) is 10.6 Å². The van der Waals surface area contributed by atoms with Crippen LogP contribution in [0.15, 0.2) is 64.2 Å². The number of carbonyl (C=O) groups excluding carboxylic acids is 1. The fourth-order valence-corrected chi connectivity index (χ4v) is 3.87. The van der Waals surface area contributed by atoms with Crippen LogP contribution in [0.25, 0.3) is 22.4 Å². The van der Waals surface area contributed by atoms with E-state index in [4.69, 9.17) is 16.0 Å². The first-order chi connectivity index (χ1) is 13.1. The molecule has 9 heteroatoms. The lowest BCUT2D eigenvalue weighted by Crippen LogP contribution is -2.06. The number of oxazole rings is 1. The summed E-state index contributed by atoms with van der Waals surface area (Å²) < 4.78 is 24.4. The first kappa shape index (κ1) is 17.4. The molecule has 0 aliphatic rings. The third-order valence-electron chi connectivity index (χ3n) is 3.85. The Bertz CT molecular complexity index is 1170. The van der Waals surface area contributed by atoms with Crippen LogP contribution in [0.4, 0.5) is 0 Å². The summed E-state index contributed by atoms with van der Waals surface area (Å²) in [5.41, 5.74) is 1.08. The number of methoxy groups -OCH3 is 1. The Balaban J connectivity index is 1.85. The van der Waals surface area contributed by atoms with Crippen molar-refractivity contribution < 1.29 is 18.2 Å². The standard InChI is InChI=1S/C18H12ClN3O4S/c1-25-18(23)16-10-20-17(26-16)13-7-11(19)8-15-14(13)9-21-22(15)27(24)12-5-3-2-4-6-12/h2-10H,1H3. The largest absolute Gasteiger partial charge is 0.463 e. The molecule has 0 bridgehead atoms. The van der Waals surface area contributed by atoms with Gasteiger partial charge in [-0.3, -0.25) is 0 Å². The Morgan fingerprint density at radius 2 is 2.00 bits per heavy atom. The molecule has 2 aromatic carbocycles. The molecule has 0 amide bonds. The third-order valence-corrected chi connectivity index (χ3v) is 5.34. The average molecular weight is 402 g/mol. The van der Waals surface area contributed by atoms with E-state index in [-0.39, 0.29) is 11.7 Å². The first-order valence-electron chi connectivity index (χ1n) is 7.77. The summed E-state index contributed by atoms with van der Waals surface area (Å²) in [4.78, 5) is 16.3. The first-order valence-corrected chi connectivity index (χ1v) is 9.26. The van der Waals surface area contributed by atoms with Gasteiger partial charge in [-0.05, 0) is 24.3 Å². The number of fused-ring (bicyclic) bond motifs is 1. The molecule has 1 unspecified atom stereocenters. The molecule has 0 N–H and O–H groups in total. The second kappa shape index (κ2) is 6.98. The molecule has 4 aromatic rings. The predicted molar refractivity (Wildman–Crippen MR) is 99.8 cm³/mol. The molecule has 0 aliphatic carbocycles. The van der Waals surface area contributed by atoms with E-state index < -0.39 is 17.0 Å². The number of benzene rings is 2. The monoisotopic (exact) mass is 401 g/mol. The second-order valence-electron chi connectivity index (χ2n) is 5.49. The van der Waals surface area contributed by atoms with Crippen LogP contribution in [0.2, 0.25) is 5.02 Å². The molecule has 4 rings (SSSR count). The number of hydrogen-bond donors (Lipinski definition) is 0. The van der Waals surface area contributed by atoms with Crippen molar-refractivity contribution in [2.24, 2.45) is 0 Å². The van der Waals surface area contributed by atoms with Gasteiger partial charge in [0.15, 0.2) is 11.0 Å². The number of esters is 1. The quantitative estimate of drug-likeness (QED) is 0.484. The van der Waals surface area contributed by atoms with E-state index in [0.29, 0.717) is 26.4 Å². The lowest BCUT2D eigenvalue weighted by molar-refractivity contribution is 0.0566. The van der Waals surface area contributed by atoms with E-state index in [9.17, 15) is 9.00 Å². The maximum Gasteiger partial charge on any atom is 0.375 e. The van der Waals surface area contributed by atoms with Crippen LogP contribution in [-0.2, 0) is 15.7 Å². The number of nitrogens with zero attached hydrogens (tertiary/aromatic N) is 3. The molecule has 0 saturated carbocycles. The van der Waals surface area contributed by atoms with Crippen LogP contribution >= 0.6 is 11.6 Å². The Kier molecular flexibility index (Phi) is 4.51. The lowest BCUT2D eigenvalue weighted by Gasteiger charge is -2.05. The van der Waals surface area contributed by atoms with Crippen LogP contribution in [0.5, 0.6) is 0 Å². The molecular formula is C18H12ClN3O4S. The summed E-state index contributed by atoms with van der Waals surface area (Å²) >= 11 is 6.25. The normalized spacial score (nSPS) is 12.2. The van der Waals surface area contributed by atoms with Gasteiger partial charge < -0.3 is 9.15 Å². The van der Waals surface area contributed by atoms with Gasteiger partial charge in [0.2, 0.25) is 11.7 Å². The van der Waals surface area contributed by atoms with E-state index in [1.54, 1.807) is 42.6 Å². The number of hydrogen-bond acceptors (Lipinski definition) is 6. The Morgan fingerprint density at radius 1 is 1.22 bits per heavy atom. The van der Waals surface area contributed by atoms with Crippen LogP contribution in [0.3, 0.4) is 0 Å². The van der Waals surface area contributed by atoms with E-state index >= 15 is 0 Å². The number of ether oxygens (including phenoxy) is 1. The molecule has 136 valence electrons. The summed E-state index contributed by atoms with van der Waals surface area (Å²) in [6.07, 6.45) is 2.84. The van der Waals surface area contributed by atoms with Gasteiger partial charge in [-0.2, -0.15) is 9.19 Å². The Labute approximate surface area is 161 Å². The SMILES string of the molecule is COC(=O)c1cnc(-c2cc(Cl)cc3c2cnn3S(=O)c2ccccc2)o1. The Hall–Kier alpha value is -2.97. The Morgan fingerprint density at radius 3 is 2.74 bits per heavy atom. The van der Waals surface area contributed by atoms with Crippen molar-refractivity contribution in [3.63, 3.8) is 0 Å². The minimum Gasteiger partial charge on any atom is -0.463 e. The van der Waals surface area contributed by atoms with Crippen molar-refractivity contribution >= 4 is 39.5 Å². The molecule has 0 spiro atoms. The van der Waals surface area contributed by atoms with Crippen molar-refractivity contribution in [2.45, 2.75) is 4.90 Å². The topological polar surface area (TPSA) is 87.2 Å². The molecule has 2 heterocycles. The molecule has 27 heavy (non-hydrogen) atoms. The third kappa shape index (κ3) is 3.13. The average Bonchev–Trinajstić information content (AvgIpc) is 3.34. The summed E-state index contributed by atoms with van der Waals surface area (Å²) in [5, 5.41) is 5.29. The molecule has 2 aromatic heterocycles. The molecule has 0 aliphatic heterocycles. The highest BCUT2D eigenvalue weighted by Gasteiger charge is 2.20. The van der Waals surface area contributed by atoms with E-state index in [1.165, 1.54) is 17.4 Å². The van der Waals surface area contributed by atoms with Crippen molar-refractivity contribution in [2.75, 3.05) is 7.11 Å². The van der Waals surface area contributed by atoms with Crippen molar-refractivity contribution in [3.8, 4) is 11.5 Å². The summed E-state index contributed by atoms with van der Waals surface area (Å²) in [6, 6.07) is 12.3. The van der Waals surface area contributed by atoms with Gasteiger partial charge in [-0.15, -0.1) is 0 Å². The molecule has 7 nitrogen and oxygen atoms in total. The molecule has 1 atom stereocenters. The van der Waals surface area contributed by atoms with Gasteiger partial charge >= 0.3 is 5.97 Å². The van der Waals surface area contributed by atoms with Crippen LogP contribution in [0, 0.1) is 0 Å². The van der Waals surface area contributed by atoms with Crippen LogP contribution < -0.4 is 0 Å². The van der Waals surface area contributed by atoms with Crippen molar-refractivity contribution in [1.82, 2.24) is 14.2 Å². The predicted octanol–water partition coefficient (Wildman–Crippen LogP) is 3.70. The number of carbonyl (C=O) groups is 1. The maximum absolute atomic E-state index is 12.9. The fourth-order valence-electron chi connectivity index (χ4n) is 2.61. The number of rotatable bonds is 4. The molecule has 0 saturated heterocycles. The van der Waals surface area contributed by atoms with E-state index in [0.717, 1.165) is 0 Å². The highest BCUT2D eigenvalue weighted by atomic mass is 35.5. The van der Waals surface area contributed by atoms with Gasteiger partial charge in [0, 0.05) is 16.0 Å². The smallest absolute Gasteiger partial charge is 0.375 e. The van der Waals surface area contributed by atoms with Crippen LogP contribution in [-0.4, -0.2) is 31.5 Å². The van der Waals surface area contributed by atoms with E-state index in [1.807, 2.05) is 6.07 Å². The molecule has 0 fully saturated rings. The van der Waals surface area contributed by atoms with E-state index in [2.05, 4.69) is 14.8 Å². The van der Waals surface area contributed by atoms with Gasteiger partial charge in [-0.25, -0.2) is 14.0 Å². The number of halogens is 1. The minimum absolute atomic E-state index is 0.0270. The second-order valence-corrected chi connectivity index (χ2v) is 7.24.